The van der Waals surface area contributed by atoms with Crippen LogP contribution >= 0.6 is 0 Å². The third-order valence-corrected chi connectivity index (χ3v) is 5.28. The predicted molar refractivity (Wildman–Crippen MR) is 116 cm³/mol. The van der Waals surface area contributed by atoms with Crippen molar-refractivity contribution in [1.82, 2.24) is 4.57 Å². The van der Waals surface area contributed by atoms with E-state index in [4.69, 9.17) is 0 Å². The lowest BCUT2D eigenvalue weighted by atomic mass is 10.0. The molecule has 1 aromatic heterocycles. The Kier molecular flexibility index (Phi) is 5.54. The molecular weight excluding hydrogens is 356 g/mol. The molecule has 0 radical (unpaired) electrons. The van der Waals surface area contributed by atoms with E-state index in [1.165, 1.54) is 22.1 Å². The van der Waals surface area contributed by atoms with Gasteiger partial charge in [0.15, 0.2) is 0 Å². The van der Waals surface area contributed by atoms with Gasteiger partial charge in [-0.2, -0.15) is 5.26 Å². The molecule has 0 amide bonds. The third kappa shape index (κ3) is 4.12. The lowest BCUT2D eigenvalue weighted by Crippen LogP contribution is -1.93. The first-order chi connectivity index (χ1) is 14.3. The summed E-state index contributed by atoms with van der Waals surface area (Å²) in [5.41, 5.74) is 6.53. The van der Waals surface area contributed by atoms with E-state index >= 15 is 0 Å². The highest BCUT2D eigenvalue weighted by atomic mass is 16.1. The van der Waals surface area contributed by atoms with Crippen LogP contribution in [0.15, 0.2) is 79.0 Å². The molecule has 0 fully saturated rings. The number of nitrogens with zero attached hydrogens (tertiary/aromatic N) is 2. The number of aromatic nitrogens is 1. The highest BCUT2D eigenvalue weighted by Crippen LogP contribution is 2.28. The second kappa shape index (κ2) is 8.58. The summed E-state index contributed by atoms with van der Waals surface area (Å²) in [5.74, 6) is 0. The standard InChI is InChI=1S/C26H22N2O/c27-18-22-8-4-10-24(16-22)28-19-23(13-11-20-6-2-1-3-7-20)25-17-21(9-5-15-29)12-14-26(25)28/h1-4,6-8,10,12,14-17,19H,5,9,11,13H2. The monoisotopic (exact) mass is 378 g/mol. The van der Waals surface area contributed by atoms with Gasteiger partial charge in [-0.1, -0.05) is 42.5 Å². The number of hydrogen-bond acceptors (Lipinski definition) is 2. The lowest BCUT2D eigenvalue weighted by molar-refractivity contribution is -0.107. The van der Waals surface area contributed by atoms with Gasteiger partial charge in [0.2, 0.25) is 0 Å². The van der Waals surface area contributed by atoms with Crippen LogP contribution in [0.1, 0.15) is 28.7 Å². The number of benzene rings is 3. The molecular formula is C26H22N2O. The molecule has 0 bridgehead atoms. The number of rotatable bonds is 7. The van der Waals surface area contributed by atoms with E-state index in [9.17, 15) is 10.1 Å². The van der Waals surface area contributed by atoms with Crippen LogP contribution in [0, 0.1) is 11.3 Å². The van der Waals surface area contributed by atoms with Crippen molar-refractivity contribution in [3.63, 3.8) is 0 Å². The molecule has 4 rings (SSSR count). The van der Waals surface area contributed by atoms with Crippen LogP contribution in [0.2, 0.25) is 0 Å². The first-order valence-corrected chi connectivity index (χ1v) is 9.89. The minimum Gasteiger partial charge on any atom is -0.316 e. The van der Waals surface area contributed by atoms with Crippen LogP contribution in [0.4, 0.5) is 0 Å². The Morgan fingerprint density at radius 1 is 0.862 bits per heavy atom. The van der Waals surface area contributed by atoms with E-state index in [0.29, 0.717) is 12.0 Å². The van der Waals surface area contributed by atoms with Gasteiger partial charge in [-0.15, -0.1) is 0 Å². The van der Waals surface area contributed by atoms with E-state index < -0.39 is 0 Å². The summed E-state index contributed by atoms with van der Waals surface area (Å²) in [7, 11) is 0. The SMILES string of the molecule is N#Cc1cccc(-n2cc(CCc3ccccc3)c3cc(CCC=O)ccc32)c1. The highest BCUT2D eigenvalue weighted by Gasteiger charge is 2.11. The van der Waals surface area contributed by atoms with Crippen molar-refractivity contribution in [2.45, 2.75) is 25.7 Å². The van der Waals surface area contributed by atoms with Crippen molar-refractivity contribution in [2.24, 2.45) is 0 Å². The first-order valence-electron chi connectivity index (χ1n) is 9.89. The summed E-state index contributed by atoms with van der Waals surface area (Å²) in [4.78, 5) is 10.8. The minimum atomic E-state index is 0.537. The van der Waals surface area contributed by atoms with E-state index in [1.807, 2.05) is 30.3 Å². The maximum Gasteiger partial charge on any atom is 0.120 e. The molecule has 0 aliphatic carbocycles. The Bertz CT molecular complexity index is 1180. The van der Waals surface area contributed by atoms with Gasteiger partial charge in [0, 0.05) is 23.7 Å². The zero-order valence-corrected chi connectivity index (χ0v) is 16.2. The van der Waals surface area contributed by atoms with Gasteiger partial charge in [-0.3, -0.25) is 0 Å². The fourth-order valence-corrected chi connectivity index (χ4v) is 3.79. The molecule has 1 heterocycles. The Hall–Kier alpha value is -3.64. The molecule has 3 nitrogen and oxygen atoms in total. The van der Waals surface area contributed by atoms with Crippen LogP contribution in [0.5, 0.6) is 0 Å². The predicted octanol–water partition coefficient (Wildman–Crippen LogP) is 5.42. The molecule has 0 aliphatic heterocycles. The molecule has 0 atom stereocenters. The van der Waals surface area contributed by atoms with Gasteiger partial charge in [-0.05, 0) is 66.3 Å². The van der Waals surface area contributed by atoms with Gasteiger partial charge in [0.1, 0.15) is 6.29 Å². The van der Waals surface area contributed by atoms with Gasteiger partial charge >= 0.3 is 0 Å². The van der Waals surface area contributed by atoms with Gasteiger partial charge in [0.05, 0.1) is 17.1 Å². The topological polar surface area (TPSA) is 45.8 Å². The van der Waals surface area contributed by atoms with Crippen LogP contribution < -0.4 is 0 Å². The van der Waals surface area contributed by atoms with Crippen LogP contribution in [0.25, 0.3) is 16.6 Å². The van der Waals surface area contributed by atoms with Crippen LogP contribution in [-0.4, -0.2) is 10.9 Å². The van der Waals surface area contributed by atoms with Gasteiger partial charge < -0.3 is 9.36 Å². The van der Waals surface area contributed by atoms with Gasteiger partial charge in [0.25, 0.3) is 0 Å². The van der Waals surface area contributed by atoms with Crippen molar-refractivity contribution >= 4 is 17.2 Å². The second-order valence-corrected chi connectivity index (χ2v) is 7.23. The summed E-state index contributed by atoms with van der Waals surface area (Å²) in [6, 6.07) is 26.8. The zero-order chi connectivity index (χ0) is 20.1. The van der Waals surface area contributed by atoms with Crippen molar-refractivity contribution in [3.05, 3.63) is 101 Å². The Morgan fingerprint density at radius 2 is 1.72 bits per heavy atom. The number of carbonyl (C=O) groups excluding carboxylic acids is 1. The molecule has 0 saturated carbocycles. The van der Waals surface area contributed by atoms with E-state index in [-0.39, 0.29) is 0 Å². The van der Waals surface area contributed by atoms with Crippen LogP contribution in [-0.2, 0) is 24.1 Å². The number of nitriles is 1. The van der Waals surface area contributed by atoms with Crippen molar-refractivity contribution < 1.29 is 4.79 Å². The molecule has 3 aromatic carbocycles. The molecule has 4 aromatic rings. The normalized spacial score (nSPS) is 10.7. The van der Waals surface area contributed by atoms with Gasteiger partial charge in [-0.25, -0.2) is 0 Å². The summed E-state index contributed by atoms with van der Waals surface area (Å²) >= 11 is 0. The maximum atomic E-state index is 10.8. The fraction of sp³-hybridized carbons (Fsp3) is 0.154. The summed E-state index contributed by atoms with van der Waals surface area (Å²) < 4.78 is 2.17. The highest BCUT2D eigenvalue weighted by molar-refractivity contribution is 5.86. The number of hydrogen-bond donors (Lipinski definition) is 0. The molecule has 0 aliphatic rings. The molecule has 3 heteroatoms. The Morgan fingerprint density at radius 3 is 2.52 bits per heavy atom. The fourth-order valence-electron chi connectivity index (χ4n) is 3.79. The largest absolute Gasteiger partial charge is 0.316 e. The van der Waals surface area contributed by atoms with E-state index in [2.05, 4.69) is 59.3 Å². The second-order valence-electron chi connectivity index (χ2n) is 7.23. The number of aryl methyl sites for hydroxylation is 3. The average molecular weight is 378 g/mol. The Labute approximate surface area is 170 Å². The number of carbonyl (C=O) groups is 1. The molecule has 0 N–H and O–H groups in total. The summed E-state index contributed by atoms with van der Waals surface area (Å²) in [6.45, 7) is 0. The molecule has 0 saturated heterocycles. The minimum absolute atomic E-state index is 0.537. The zero-order valence-electron chi connectivity index (χ0n) is 16.2. The van der Waals surface area contributed by atoms with Crippen molar-refractivity contribution in [3.8, 4) is 11.8 Å². The molecule has 29 heavy (non-hydrogen) atoms. The van der Waals surface area contributed by atoms with E-state index in [1.54, 1.807) is 0 Å². The smallest absolute Gasteiger partial charge is 0.120 e. The molecule has 142 valence electrons. The van der Waals surface area contributed by atoms with Crippen molar-refractivity contribution in [2.75, 3.05) is 0 Å². The summed E-state index contributed by atoms with van der Waals surface area (Å²) in [5, 5.41) is 10.5. The lowest BCUT2D eigenvalue weighted by Gasteiger charge is -2.06. The quantitative estimate of drug-likeness (QED) is 0.403. The maximum absolute atomic E-state index is 10.8. The molecule has 0 unspecified atom stereocenters. The number of aldehydes is 1. The molecule has 0 spiro atoms. The summed E-state index contributed by atoms with van der Waals surface area (Å²) in [6.07, 6.45) is 6.36. The third-order valence-electron chi connectivity index (χ3n) is 5.28. The van der Waals surface area contributed by atoms with E-state index in [0.717, 1.165) is 36.8 Å². The van der Waals surface area contributed by atoms with Crippen LogP contribution in [0.3, 0.4) is 0 Å². The number of fused-ring (bicyclic) bond motifs is 1. The van der Waals surface area contributed by atoms with Crippen molar-refractivity contribution in [1.29, 1.82) is 5.26 Å². The first kappa shape index (κ1) is 18.7. The average Bonchev–Trinajstić information content (AvgIpc) is 3.15. The Balaban J connectivity index is 1.77.